The zero-order valence-electron chi connectivity index (χ0n) is 13.0. The molecule has 0 bridgehead atoms. The van der Waals surface area contributed by atoms with Crippen molar-refractivity contribution >= 4 is 33.7 Å². The van der Waals surface area contributed by atoms with E-state index in [9.17, 15) is 4.79 Å². The van der Waals surface area contributed by atoms with Gasteiger partial charge in [-0.1, -0.05) is 17.4 Å². The molecule has 0 spiro atoms. The van der Waals surface area contributed by atoms with Crippen LogP contribution in [0, 0.1) is 0 Å². The van der Waals surface area contributed by atoms with Crippen LogP contribution in [0.3, 0.4) is 0 Å². The Morgan fingerprint density at radius 1 is 1.17 bits per heavy atom. The lowest BCUT2D eigenvalue weighted by molar-refractivity contribution is 0.0944. The first-order chi connectivity index (χ1) is 11.8. The first-order valence-electron chi connectivity index (χ1n) is 7.88. The maximum absolute atomic E-state index is 12.5. The number of hydrogen-bond donors (Lipinski definition) is 1. The van der Waals surface area contributed by atoms with E-state index in [-0.39, 0.29) is 5.91 Å². The van der Waals surface area contributed by atoms with E-state index in [2.05, 4.69) is 20.4 Å². The zero-order chi connectivity index (χ0) is 16.4. The van der Waals surface area contributed by atoms with Gasteiger partial charge in [-0.15, -0.1) is 21.5 Å². The standard InChI is InChI=1S/C16H17N5OS2/c22-14(17-11-12-5-4-10-23-12)13-6-3-9-21(13)16-19-18-15(24-16)20-7-1-2-8-20/h3-6,9-10H,1-2,7-8,11H2,(H,17,22). The second kappa shape index (κ2) is 6.74. The smallest absolute Gasteiger partial charge is 0.268 e. The van der Waals surface area contributed by atoms with E-state index < -0.39 is 0 Å². The van der Waals surface area contributed by atoms with Crippen molar-refractivity contribution in [3.63, 3.8) is 0 Å². The average molecular weight is 359 g/mol. The summed E-state index contributed by atoms with van der Waals surface area (Å²) in [5.41, 5.74) is 0.579. The molecule has 0 atom stereocenters. The molecule has 0 unspecified atom stereocenters. The van der Waals surface area contributed by atoms with Crippen LogP contribution in [0.15, 0.2) is 35.8 Å². The molecule has 3 aromatic heterocycles. The van der Waals surface area contributed by atoms with Gasteiger partial charge < -0.3 is 10.2 Å². The minimum atomic E-state index is -0.105. The largest absolute Gasteiger partial charge is 0.347 e. The summed E-state index contributed by atoms with van der Waals surface area (Å²) in [6, 6.07) is 7.66. The van der Waals surface area contributed by atoms with Gasteiger partial charge in [0.15, 0.2) is 0 Å². The van der Waals surface area contributed by atoms with Crippen molar-refractivity contribution in [2.24, 2.45) is 0 Å². The molecule has 1 saturated heterocycles. The van der Waals surface area contributed by atoms with Gasteiger partial charge in [-0.05, 0) is 36.4 Å². The molecule has 0 radical (unpaired) electrons. The highest BCUT2D eigenvalue weighted by Crippen LogP contribution is 2.27. The molecule has 8 heteroatoms. The molecule has 6 nitrogen and oxygen atoms in total. The Labute approximate surface area is 147 Å². The number of aromatic nitrogens is 3. The number of hydrogen-bond acceptors (Lipinski definition) is 6. The Kier molecular flexibility index (Phi) is 4.31. The van der Waals surface area contributed by atoms with Crippen LogP contribution in [0.5, 0.6) is 0 Å². The number of nitrogens with one attached hydrogen (secondary N) is 1. The van der Waals surface area contributed by atoms with Crippen LogP contribution in [0.1, 0.15) is 28.2 Å². The van der Waals surface area contributed by atoms with Gasteiger partial charge in [0.1, 0.15) is 5.69 Å². The Balaban J connectivity index is 1.50. The molecular weight excluding hydrogens is 342 g/mol. The van der Waals surface area contributed by atoms with Crippen molar-refractivity contribution in [2.45, 2.75) is 19.4 Å². The fourth-order valence-corrected chi connectivity index (χ4v) is 4.29. The van der Waals surface area contributed by atoms with Gasteiger partial charge in [0.2, 0.25) is 10.3 Å². The van der Waals surface area contributed by atoms with Gasteiger partial charge >= 0.3 is 0 Å². The molecule has 0 aliphatic carbocycles. The fraction of sp³-hybridized carbons (Fsp3) is 0.312. The highest BCUT2D eigenvalue weighted by atomic mass is 32.1. The van der Waals surface area contributed by atoms with Crippen molar-refractivity contribution in [1.29, 1.82) is 0 Å². The lowest BCUT2D eigenvalue weighted by atomic mass is 10.4. The summed E-state index contributed by atoms with van der Waals surface area (Å²) in [6.45, 7) is 2.61. The van der Waals surface area contributed by atoms with Gasteiger partial charge in [-0.2, -0.15) is 0 Å². The molecule has 1 aliphatic heterocycles. The summed E-state index contributed by atoms with van der Waals surface area (Å²) in [5.74, 6) is -0.105. The molecule has 24 heavy (non-hydrogen) atoms. The molecule has 1 fully saturated rings. The molecule has 3 aromatic rings. The molecule has 1 aliphatic rings. The van der Waals surface area contributed by atoms with E-state index in [1.54, 1.807) is 22.0 Å². The van der Waals surface area contributed by atoms with Crippen LogP contribution in [-0.4, -0.2) is 33.8 Å². The number of carbonyl (C=O) groups excluding carboxylic acids is 1. The van der Waals surface area contributed by atoms with Crippen LogP contribution < -0.4 is 10.2 Å². The molecule has 0 saturated carbocycles. The Morgan fingerprint density at radius 3 is 2.79 bits per heavy atom. The van der Waals surface area contributed by atoms with E-state index in [0.29, 0.717) is 12.2 Å². The quantitative estimate of drug-likeness (QED) is 0.761. The Morgan fingerprint density at radius 2 is 2.00 bits per heavy atom. The zero-order valence-corrected chi connectivity index (χ0v) is 14.6. The predicted octanol–water partition coefficient (Wildman–Crippen LogP) is 2.92. The summed E-state index contributed by atoms with van der Waals surface area (Å²) in [7, 11) is 0. The van der Waals surface area contributed by atoms with Gasteiger partial charge in [0, 0.05) is 24.2 Å². The highest BCUT2D eigenvalue weighted by Gasteiger charge is 2.19. The van der Waals surface area contributed by atoms with Crippen LogP contribution in [0.2, 0.25) is 0 Å². The molecule has 124 valence electrons. The highest BCUT2D eigenvalue weighted by molar-refractivity contribution is 7.17. The third-order valence-electron chi connectivity index (χ3n) is 3.97. The summed E-state index contributed by atoms with van der Waals surface area (Å²) in [6.07, 6.45) is 4.26. The third-order valence-corrected chi connectivity index (χ3v) is 5.83. The van der Waals surface area contributed by atoms with Gasteiger partial charge in [0.05, 0.1) is 6.54 Å². The topological polar surface area (TPSA) is 63.1 Å². The van der Waals surface area contributed by atoms with Gasteiger partial charge in [-0.25, -0.2) is 0 Å². The number of amides is 1. The minimum Gasteiger partial charge on any atom is -0.347 e. The number of anilines is 1. The Bertz CT molecular complexity index is 817. The summed E-state index contributed by atoms with van der Waals surface area (Å²) in [5, 5.41) is 15.2. The molecule has 1 N–H and O–H groups in total. The minimum absolute atomic E-state index is 0.105. The van der Waals surface area contributed by atoms with Crippen molar-refractivity contribution < 1.29 is 4.79 Å². The third kappa shape index (κ3) is 3.07. The van der Waals surface area contributed by atoms with Crippen LogP contribution in [0.4, 0.5) is 5.13 Å². The van der Waals surface area contributed by atoms with E-state index in [1.165, 1.54) is 24.2 Å². The molecule has 4 rings (SSSR count). The van der Waals surface area contributed by atoms with E-state index in [0.717, 1.165) is 28.2 Å². The van der Waals surface area contributed by atoms with Gasteiger partial charge in [0.25, 0.3) is 5.91 Å². The van der Waals surface area contributed by atoms with Crippen molar-refractivity contribution in [1.82, 2.24) is 20.1 Å². The number of carbonyl (C=O) groups is 1. The number of nitrogens with zero attached hydrogens (tertiary/aromatic N) is 4. The summed E-state index contributed by atoms with van der Waals surface area (Å²) in [4.78, 5) is 15.9. The Hall–Kier alpha value is -2.19. The first kappa shape index (κ1) is 15.3. The molecular formula is C16H17N5OS2. The fourth-order valence-electron chi connectivity index (χ4n) is 2.75. The van der Waals surface area contributed by atoms with E-state index >= 15 is 0 Å². The van der Waals surface area contributed by atoms with E-state index in [4.69, 9.17) is 0 Å². The number of thiophene rings is 1. The second-order valence-electron chi connectivity index (χ2n) is 5.59. The number of rotatable bonds is 5. The van der Waals surface area contributed by atoms with E-state index in [1.807, 2.05) is 29.8 Å². The summed E-state index contributed by atoms with van der Waals surface area (Å²) < 4.78 is 1.81. The average Bonchev–Trinajstić information content (AvgIpc) is 3.40. The maximum atomic E-state index is 12.5. The monoisotopic (exact) mass is 359 g/mol. The molecule has 4 heterocycles. The van der Waals surface area contributed by atoms with Crippen molar-refractivity contribution in [2.75, 3.05) is 18.0 Å². The first-order valence-corrected chi connectivity index (χ1v) is 9.57. The maximum Gasteiger partial charge on any atom is 0.268 e. The molecule has 0 aromatic carbocycles. The van der Waals surface area contributed by atoms with Gasteiger partial charge in [-0.3, -0.25) is 9.36 Å². The van der Waals surface area contributed by atoms with Crippen LogP contribution >= 0.6 is 22.7 Å². The van der Waals surface area contributed by atoms with Crippen molar-refractivity contribution in [3.8, 4) is 5.13 Å². The lowest BCUT2D eigenvalue weighted by Crippen LogP contribution is -2.24. The van der Waals surface area contributed by atoms with Crippen LogP contribution in [0.25, 0.3) is 5.13 Å². The summed E-state index contributed by atoms with van der Waals surface area (Å²) >= 11 is 3.16. The van der Waals surface area contributed by atoms with Crippen LogP contribution in [-0.2, 0) is 6.54 Å². The lowest BCUT2D eigenvalue weighted by Gasteiger charge is -2.11. The normalized spacial score (nSPS) is 14.2. The predicted molar refractivity (Wildman–Crippen MR) is 96.2 cm³/mol. The second-order valence-corrected chi connectivity index (χ2v) is 7.55. The van der Waals surface area contributed by atoms with Crippen molar-refractivity contribution in [3.05, 3.63) is 46.4 Å². The molecule has 1 amide bonds. The SMILES string of the molecule is O=C(NCc1cccs1)c1cccn1-c1nnc(N2CCCC2)s1.